The first kappa shape index (κ1) is 15.2. The summed E-state index contributed by atoms with van der Waals surface area (Å²) in [7, 11) is -4.18. The largest absolute Gasteiger partial charge is 1.00 e. The Kier molecular flexibility index (Phi) is 5.73. The van der Waals surface area contributed by atoms with Crippen molar-refractivity contribution in [3.63, 3.8) is 0 Å². The van der Waals surface area contributed by atoms with Crippen LogP contribution in [-0.4, -0.2) is 8.42 Å². The van der Waals surface area contributed by atoms with Gasteiger partial charge in [0.2, 0.25) is 0 Å². The summed E-state index contributed by atoms with van der Waals surface area (Å²) in [5.74, 6) is 0. The Balaban J connectivity index is 0.00000225. The molecule has 0 saturated heterocycles. The van der Waals surface area contributed by atoms with Gasteiger partial charge in [0, 0.05) is 0 Å². The number of hydrogen-bond donors (Lipinski definition) is 0. The van der Waals surface area contributed by atoms with Gasteiger partial charge in [-0.25, -0.2) is 15.0 Å². The fourth-order valence-corrected chi connectivity index (χ4v) is 1.58. The van der Waals surface area contributed by atoms with Crippen LogP contribution in [0.25, 0.3) is 0 Å². The topological polar surface area (TPSA) is 43.4 Å². The van der Waals surface area contributed by atoms with E-state index >= 15 is 0 Å². The van der Waals surface area contributed by atoms with Gasteiger partial charge in [0.15, 0.2) is 0 Å². The van der Waals surface area contributed by atoms with Crippen LogP contribution >= 0.6 is 0 Å². The quantitative estimate of drug-likeness (QED) is 0.302. The summed E-state index contributed by atoms with van der Waals surface area (Å²) in [6, 6.07) is 5.60. The molecule has 0 aliphatic heterocycles. The molecule has 0 unspecified atom stereocenters. The first-order valence-electron chi connectivity index (χ1n) is 3.86. The molecule has 1 aromatic carbocycles. The predicted octanol–water partition coefficient (Wildman–Crippen LogP) is -0.755. The summed E-state index contributed by atoms with van der Waals surface area (Å²) in [4.78, 5) is -0.193. The van der Waals surface area contributed by atoms with Crippen LogP contribution in [0.15, 0.2) is 35.2 Å². The first-order valence-corrected chi connectivity index (χ1v) is 5.27. The van der Waals surface area contributed by atoms with Gasteiger partial charge in [-0.15, -0.1) is 0 Å². The molecule has 0 aliphatic carbocycles. The fraction of sp³-hybridized carbons (Fsp3) is 0.111. The van der Waals surface area contributed by atoms with Crippen molar-refractivity contribution in [2.24, 2.45) is 0 Å². The van der Waals surface area contributed by atoms with Crippen LogP contribution in [-0.2, 0) is 14.3 Å². The third-order valence-corrected chi connectivity index (χ3v) is 2.69. The van der Waals surface area contributed by atoms with Gasteiger partial charge in [0.1, 0.15) is 11.0 Å². The molecule has 82 valence electrons. The average molecular weight is 240 g/mol. The summed E-state index contributed by atoms with van der Waals surface area (Å²) >= 11 is 0. The number of aryl methyl sites for hydroxylation is 1. The maximum absolute atomic E-state index is 11.6. The Morgan fingerprint density at radius 2 is 1.75 bits per heavy atom. The second kappa shape index (κ2) is 6.04. The molecule has 0 radical (unpaired) electrons. The Hall–Kier alpha value is -0.833. The van der Waals surface area contributed by atoms with Crippen molar-refractivity contribution >= 4 is 10.1 Å². The van der Waals surface area contributed by atoms with E-state index in [-0.39, 0.29) is 23.8 Å². The molecule has 1 rings (SSSR count). The average Bonchev–Trinajstić information content (AvgIpc) is 2.16. The molecule has 1 aromatic rings. The van der Waals surface area contributed by atoms with Crippen LogP contribution in [0.5, 0.6) is 0 Å². The molecule has 0 spiro atoms. The van der Waals surface area contributed by atoms with Crippen molar-refractivity contribution in [2.45, 2.75) is 11.8 Å². The van der Waals surface area contributed by atoms with Gasteiger partial charge in [-0.2, -0.15) is 8.42 Å². The monoisotopic (exact) mass is 240 g/mol. The molecular weight excluding hydrogens is 233 g/mol. The molecule has 0 amide bonds. The van der Waals surface area contributed by atoms with Crippen LogP contribution in [0.2, 0.25) is 0 Å². The summed E-state index contributed by atoms with van der Waals surface area (Å²) in [6.07, 6.45) is -1.33. The third kappa shape index (κ3) is 4.35. The molecule has 0 N–H and O–H groups in total. The van der Waals surface area contributed by atoms with Crippen molar-refractivity contribution < 1.29 is 40.2 Å². The van der Waals surface area contributed by atoms with E-state index in [1.54, 1.807) is 6.92 Å². The van der Waals surface area contributed by atoms with E-state index in [9.17, 15) is 17.2 Å². The van der Waals surface area contributed by atoms with Crippen LogP contribution in [0.1, 0.15) is 5.56 Å². The zero-order valence-corrected chi connectivity index (χ0v) is 9.51. The Morgan fingerprint density at radius 3 is 2.19 bits per heavy atom. The van der Waals surface area contributed by atoms with E-state index in [2.05, 4.69) is 4.18 Å². The molecule has 0 saturated carbocycles. The van der Waals surface area contributed by atoms with E-state index in [1.807, 2.05) is 0 Å². The van der Waals surface area contributed by atoms with Crippen LogP contribution in [0, 0.1) is 13.2 Å². The van der Waals surface area contributed by atoms with E-state index in [0.29, 0.717) is 0 Å². The van der Waals surface area contributed by atoms with Crippen molar-refractivity contribution in [1.82, 2.24) is 0 Å². The molecule has 0 aliphatic rings. The standard InChI is InChI=1S/C9H7F2O3S.Li/c1-7-2-4-8(5-3-7)15(12,13)14-6-9(10)11;/h2-5H,1H3;/q-1;+1. The van der Waals surface area contributed by atoms with Gasteiger partial charge in [0.05, 0.1) is 0 Å². The number of rotatable bonds is 3. The molecule has 0 heterocycles. The molecule has 0 atom stereocenters. The van der Waals surface area contributed by atoms with Crippen LogP contribution in [0.4, 0.5) is 8.78 Å². The zero-order valence-electron chi connectivity index (χ0n) is 8.70. The molecule has 0 bridgehead atoms. The summed E-state index contributed by atoms with van der Waals surface area (Å²) in [5, 5.41) is 0. The van der Waals surface area contributed by atoms with Gasteiger partial charge in [-0.05, 0) is 19.1 Å². The second-order valence-corrected chi connectivity index (χ2v) is 4.26. The van der Waals surface area contributed by atoms with Crippen molar-refractivity contribution in [3.8, 4) is 0 Å². The van der Waals surface area contributed by atoms with Crippen molar-refractivity contribution in [1.29, 1.82) is 0 Å². The van der Waals surface area contributed by atoms with Gasteiger partial charge < -0.3 is 4.18 Å². The van der Waals surface area contributed by atoms with Gasteiger partial charge >= 0.3 is 29.0 Å². The first-order chi connectivity index (χ1) is 6.92. The predicted molar refractivity (Wildman–Crippen MR) is 48.4 cm³/mol. The zero-order chi connectivity index (χ0) is 11.5. The third-order valence-electron chi connectivity index (χ3n) is 1.54. The van der Waals surface area contributed by atoms with E-state index in [4.69, 9.17) is 0 Å². The van der Waals surface area contributed by atoms with Gasteiger partial charge in [-0.1, -0.05) is 17.7 Å². The summed E-state index contributed by atoms with van der Waals surface area (Å²) < 4.78 is 49.4. The number of hydrogen-bond acceptors (Lipinski definition) is 3. The number of benzene rings is 1. The smallest absolute Gasteiger partial charge is 0.584 e. The Labute approximate surface area is 104 Å². The van der Waals surface area contributed by atoms with Gasteiger partial charge in [0.25, 0.3) is 0 Å². The minimum Gasteiger partial charge on any atom is -0.584 e. The van der Waals surface area contributed by atoms with Crippen molar-refractivity contribution in [2.75, 3.05) is 0 Å². The second-order valence-electron chi connectivity index (χ2n) is 2.71. The molecular formula is C9H7F2LiO3S. The van der Waals surface area contributed by atoms with Crippen LogP contribution < -0.4 is 18.9 Å². The van der Waals surface area contributed by atoms with E-state index in [1.165, 1.54) is 24.3 Å². The SMILES string of the molecule is Cc1ccc(S(=O)(=O)O[C-]=C(F)F)cc1.[Li+]. The summed E-state index contributed by atoms with van der Waals surface area (Å²) in [6.45, 7) is 1.77. The Bertz CT molecular complexity index is 464. The van der Waals surface area contributed by atoms with E-state index in [0.717, 1.165) is 11.8 Å². The van der Waals surface area contributed by atoms with Crippen LogP contribution in [0.3, 0.4) is 0 Å². The summed E-state index contributed by atoms with van der Waals surface area (Å²) in [5.41, 5.74) is 0.852. The maximum atomic E-state index is 11.6. The normalized spacial score (nSPS) is 10.2. The molecule has 0 fully saturated rings. The fourth-order valence-electron chi connectivity index (χ4n) is 0.839. The van der Waals surface area contributed by atoms with Crippen molar-refractivity contribution in [3.05, 3.63) is 42.2 Å². The molecule has 3 nitrogen and oxygen atoms in total. The van der Waals surface area contributed by atoms with E-state index < -0.39 is 16.2 Å². The van der Waals surface area contributed by atoms with Gasteiger partial charge in [-0.3, -0.25) is 0 Å². The molecule has 0 aromatic heterocycles. The minimum absolute atomic E-state index is 0. The molecule has 16 heavy (non-hydrogen) atoms. The maximum Gasteiger partial charge on any atom is 1.00 e. The number of halogens is 2. The Morgan fingerprint density at radius 1 is 1.25 bits per heavy atom. The molecule has 7 heteroatoms. The minimum atomic E-state index is -4.18.